The normalized spacial score (nSPS) is 31.5. The number of carbonyl (C=O) groups excluding carboxylic acids is 2. The van der Waals surface area contributed by atoms with Gasteiger partial charge in [0.1, 0.15) is 5.01 Å². The molecule has 5 heteroatoms. The van der Waals surface area contributed by atoms with Crippen LogP contribution in [0.25, 0.3) is 0 Å². The van der Waals surface area contributed by atoms with Crippen LogP contribution in [0.15, 0.2) is 24.3 Å². The number of halogens is 1. The van der Waals surface area contributed by atoms with Crippen LogP contribution in [-0.4, -0.2) is 29.4 Å². The lowest BCUT2D eigenvalue weighted by Crippen LogP contribution is -2.54. The lowest BCUT2D eigenvalue weighted by Gasteiger charge is -2.43. The molecule has 1 fully saturated rings. The highest BCUT2D eigenvalue weighted by molar-refractivity contribution is 9.09. The van der Waals surface area contributed by atoms with Gasteiger partial charge in [0.15, 0.2) is 6.29 Å². The third-order valence-corrected chi connectivity index (χ3v) is 5.39. The van der Waals surface area contributed by atoms with E-state index in [4.69, 9.17) is 4.74 Å². The second-order valence-electron chi connectivity index (χ2n) is 5.86. The van der Waals surface area contributed by atoms with Crippen molar-refractivity contribution in [1.82, 2.24) is 5.32 Å². The smallest absolute Gasteiger partial charge is 0.252 e. The van der Waals surface area contributed by atoms with E-state index in [0.717, 1.165) is 6.42 Å². The van der Waals surface area contributed by atoms with Crippen LogP contribution in [0.4, 0.5) is 0 Å². The van der Waals surface area contributed by atoms with Crippen molar-refractivity contribution in [3.8, 4) is 0 Å². The number of alkyl halides is 1. The van der Waals surface area contributed by atoms with E-state index in [0.29, 0.717) is 23.3 Å². The van der Waals surface area contributed by atoms with Gasteiger partial charge < -0.3 is 10.1 Å². The van der Waals surface area contributed by atoms with Crippen molar-refractivity contribution in [2.75, 3.05) is 0 Å². The van der Waals surface area contributed by atoms with Crippen LogP contribution in [0.3, 0.4) is 0 Å². The van der Waals surface area contributed by atoms with E-state index in [-0.39, 0.29) is 29.0 Å². The molecular formula is C17H22BrNO3. The monoisotopic (exact) mass is 367 g/mol. The molecule has 120 valence electrons. The summed E-state index contributed by atoms with van der Waals surface area (Å²) in [4.78, 5) is 23.6. The average Bonchev–Trinajstić information content (AvgIpc) is 2.54. The summed E-state index contributed by atoms with van der Waals surface area (Å²) >= 11 is 3.53. The highest BCUT2D eigenvalue weighted by Gasteiger charge is 2.40. The highest BCUT2D eigenvalue weighted by atomic mass is 79.9. The number of hydrogen-bond donors (Lipinski definition) is 1. The molecule has 0 saturated carbocycles. The first kappa shape index (κ1) is 17.2. The van der Waals surface area contributed by atoms with Crippen LogP contribution in [0.5, 0.6) is 0 Å². The molecule has 0 bridgehead atoms. The number of carbonyl (C=O) groups is 2. The van der Waals surface area contributed by atoms with Gasteiger partial charge in [-0.3, -0.25) is 9.59 Å². The highest BCUT2D eigenvalue weighted by Crippen LogP contribution is 2.34. The number of aldehydes is 1. The molecule has 2 rings (SSSR count). The van der Waals surface area contributed by atoms with Gasteiger partial charge in [-0.2, -0.15) is 0 Å². The fourth-order valence-corrected chi connectivity index (χ4v) is 3.87. The van der Waals surface area contributed by atoms with E-state index in [1.165, 1.54) is 0 Å². The van der Waals surface area contributed by atoms with E-state index in [2.05, 4.69) is 42.0 Å². The fraction of sp³-hybridized carbons (Fsp3) is 0.529. The van der Waals surface area contributed by atoms with Gasteiger partial charge in [0, 0.05) is 11.1 Å². The van der Waals surface area contributed by atoms with E-state index in [9.17, 15) is 9.59 Å². The minimum atomic E-state index is -0.241. The second-order valence-corrected chi connectivity index (χ2v) is 6.76. The molecule has 22 heavy (non-hydrogen) atoms. The van der Waals surface area contributed by atoms with Crippen molar-refractivity contribution < 1.29 is 14.3 Å². The van der Waals surface area contributed by atoms with Crippen molar-refractivity contribution in [1.29, 1.82) is 0 Å². The zero-order valence-corrected chi connectivity index (χ0v) is 14.7. The van der Waals surface area contributed by atoms with Gasteiger partial charge in [-0.25, -0.2) is 0 Å². The van der Waals surface area contributed by atoms with Crippen LogP contribution in [0.1, 0.15) is 47.9 Å². The van der Waals surface area contributed by atoms with Gasteiger partial charge in [0.2, 0.25) is 0 Å². The molecule has 4 nitrogen and oxygen atoms in total. The Morgan fingerprint density at radius 2 is 2.00 bits per heavy atom. The summed E-state index contributed by atoms with van der Waals surface area (Å²) in [5.41, 5.74) is 0.796. The maximum absolute atomic E-state index is 12.5. The molecule has 0 aromatic heterocycles. The number of rotatable bonds is 4. The Hall–Kier alpha value is -1.20. The number of nitrogens with one attached hydrogen (secondary N) is 1. The average molecular weight is 368 g/mol. The molecule has 1 amide bonds. The van der Waals surface area contributed by atoms with Crippen molar-refractivity contribution >= 4 is 28.1 Å². The molecule has 0 aliphatic carbocycles. The van der Waals surface area contributed by atoms with Crippen LogP contribution in [0.2, 0.25) is 0 Å². The van der Waals surface area contributed by atoms with E-state index in [1.807, 2.05) is 0 Å². The van der Waals surface area contributed by atoms with E-state index >= 15 is 0 Å². The fourth-order valence-electron chi connectivity index (χ4n) is 2.98. The summed E-state index contributed by atoms with van der Waals surface area (Å²) in [6.45, 7) is 6.38. The summed E-state index contributed by atoms with van der Waals surface area (Å²) in [7, 11) is 0. The molecule has 0 spiro atoms. The molecule has 1 heterocycles. The molecule has 1 aliphatic heterocycles. The minimum absolute atomic E-state index is 0.134. The maximum Gasteiger partial charge on any atom is 0.252 e. The van der Waals surface area contributed by atoms with Crippen LogP contribution >= 0.6 is 15.9 Å². The first-order valence-electron chi connectivity index (χ1n) is 7.64. The molecular weight excluding hydrogens is 346 g/mol. The van der Waals surface area contributed by atoms with Crippen molar-refractivity contribution in [3.63, 3.8) is 0 Å². The zero-order valence-electron chi connectivity index (χ0n) is 13.1. The molecule has 1 aromatic rings. The second kappa shape index (κ2) is 7.38. The SMILES string of the molecule is CCC1OC(Br)C(NC(=O)c2ccccc2C=O)[C@@H](C)[C@@H]1C. The first-order valence-corrected chi connectivity index (χ1v) is 8.55. The van der Waals surface area contributed by atoms with E-state index < -0.39 is 0 Å². The van der Waals surface area contributed by atoms with Crippen LogP contribution in [-0.2, 0) is 4.74 Å². The molecule has 1 aliphatic rings. The van der Waals surface area contributed by atoms with Gasteiger partial charge in [-0.1, -0.05) is 54.9 Å². The van der Waals surface area contributed by atoms with Crippen molar-refractivity contribution in [2.24, 2.45) is 11.8 Å². The molecule has 3 unspecified atom stereocenters. The third kappa shape index (κ3) is 3.41. The molecule has 5 atom stereocenters. The number of hydrogen-bond acceptors (Lipinski definition) is 3. The first-order chi connectivity index (χ1) is 10.5. The quantitative estimate of drug-likeness (QED) is 0.655. The zero-order chi connectivity index (χ0) is 16.3. The van der Waals surface area contributed by atoms with Gasteiger partial charge in [0.25, 0.3) is 5.91 Å². The maximum atomic E-state index is 12.5. The summed E-state index contributed by atoms with van der Waals surface area (Å²) in [6, 6.07) is 6.67. The predicted octanol–water partition coefficient (Wildman–Crippen LogP) is 3.40. The molecule has 1 N–H and O–H groups in total. The summed E-state index contributed by atoms with van der Waals surface area (Å²) < 4.78 is 5.96. The van der Waals surface area contributed by atoms with Crippen molar-refractivity contribution in [2.45, 2.75) is 44.4 Å². The Balaban J connectivity index is 2.15. The lowest BCUT2D eigenvalue weighted by atomic mass is 9.82. The molecule has 0 radical (unpaired) electrons. The minimum Gasteiger partial charge on any atom is -0.361 e. The lowest BCUT2D eigenvalue weighted by molar-refractivity contribution is -0.0786. The number of amides is 1. The summed E-state index contributed by atoms with van der Waals surface area (Å²) in [5, 5.41) is 2.79. The standard InChI is InChI=1S/C17H22BrNO3/c1-4-14-10(2)11(3)15(16(18)22-14)19-17(21)13-8-6-5-7-12(13)9-20/h5-11,14-16H,4H2,1-3H3,(H,19,21)/t10-,11-,14?,15?,16?/m0/s1. The Kier molecular flexibility index (Phi) is 5.75. The number of ether oxygens (including phenoxy) is 1. The van der Waals surface area contributed by atoms with Gasteiger partial charge in [-0.15, -0.1) is 0 Å². The Bertz CT molecular complexity index is 548. The largest absolute Gasteiger partial charge is 0.361 e. The van der Waals surface area contributed by atoms with Gasteiger partial charge >= 0.3 is 0 Å². The van der Waals surface area contributed by atoms with Gasteiger partial charge in [-0.05, 0) is 24.3 Å². The van der Waals surface area contributed by atoms with Gasteiger partial charge in [0.05, 0.1) is 12.1 Å². The van der Waals surface area contributed by atoms with Crippen LogP contribution in [0, 0.1) is 11.8 Å². The molecule has 1 aromatic carbocycles. The van der Waals surface area contributed by atoms with E-state index in [1.54, 1.807) is 24.3 Å². The Morgan fingerprint density at radius 3 is 2.64 bits per heavy atom. The predicted molar refractivity (Wildman–Crippen MR) is 89.3 cm³/mol. The topological polar surface area (TPSA) is 55.4 Å². The summed E-state index contributed by atoms with van der Waals surface area (Å²) in [5.74, 6) is 0.385. The number of benzene rings is 1. The third-order valence-electron chi connectivity index (χ3n) is 4.60. The van der Waals surface area contributed by atoms with Crippen molar-refractivity contribution in [3.05, 3.63) is 35.4 Å². The summed E-state index contributed by atoms with van der Waals surface area (Å²) in [6.07, 6.45) is 1.84. The Morgan fingerprint density at radius 1 is 1.32 bits per heavy atom. The molecule has 1 saturated heterocycles. The van der Waals surface area contributed by atoms with Crippen LogP contribution < -0.4 is 5.32 Å². The Labute approximate surface area is 139 Å².